The zero-order chi connectivity index (χ0) is 15.8. The van der Waals surface area contributed by atoms with Crippen LogP contribution >= 0.6 is 35.3 Å². The van der Waals surface area contributed by atoms with E-state index in [2.05, 4.69) is 39.5 Å². The van der Waals surface area contributed by atoms with Crippen LogP contribution in [0.3, 0.4) is 0 Å². The van der Waals surface area contributed by atoms with E-state index in [1.165, 1.54) is 12.8 Å². The minimum absolute atomic E-state index is 0. The molecule has 1 fully saturated rings. The number of aryl methyl sites for hydroxylation is 1. The second-order valence-corrected chi connectivity index (χ2v) is 6.85. The number of nitrogens with zero attached hydrogens (tertiary/aromatic N) is 3. The molecule has 0 aromatic carbocycles. The summed E-state index contributed by atoms with van der Waals surface area (Å²) in [5, 5.41) is 6.58. The maximum Gasteiger partial charge on any atom is 0.193 e. The Bertz CT molecular complexity index is 476. The quantitative estimate of drug-likeness (QED) is 0.271. The first-order valence-electron chi connectivity index (χ1n) is 8.17. The predicted molar refractivity (Wildman–Crippen MR) is 108 cm³/mol. The Hall–Kier alpha value is -0.410. The summed E-state index contributed by atoms with van der Waals surface area (Å²) in [5.74, 6) is 1.78. The molecule has 1 aromatic rings. The van der Waals surface area contributed by atoms with E-state index in [0.29, 0.717) is 0 Å². The third-order valence-corrected chi connectivity index (χ3v) is 4.44. The van der Waals surface area contributed by atoms with Crippen molar-refractivity contribution in [2.45, 2.75) is 33.1 Å². The molecular formula is C16H29IN4OS. The van der Waals surface area contributed by atoms with Crippen molar-refractivity contribution in [3.63, 3.8) is 0 Å². The largest absolute Gasteiger partial charge is 0.379 e. The molecule has 0 saturated heterocycles. The fourth-order valence-electron chi connectivity index (χ4n) is 2.11. The average Bonchev–Trinajstić information content (AvgIpc) is 3.24. The lowest BCUT2D eigenvalue weighted by Crippen LogP contribution is -2.40. The number of thiazole rings is 1. The van der Waals surface area contributed by atoms with Crippen LogP contribution in [0.5, 0.6) is 0 Å². The van der Waals surface area contributed by atoms with Crippen LogP contribution in [0.1, 0.15) is 30.5 Å². The van der Waals surface area contributed by atoms with E-state index in [4.69, 9.17) is 4.74 Å². The van der Waals surface area contributed by atoms with Crippen molar-refractivity contribution in [2.24, 2.45) is 10.9 Å². The predicted octanol–water partition coefficient (Wildman–Crippen LogP) is 2.94. The van der Waals surface area contributed by atoms with Gasteiger partial charge in [0.25, 0.3) is 0 Å². The van der Waals surface area contributed by atoms with Crippen molar-refractivity contribution in [2.75, 3.05) is 39.9 Å². The van der Waals surface area contributed by atoms with Crippen LogP contribution in [0.25, 0.3) is 0 Å². The monoisotopic (exact) mass is 452 g/mol. The van der Waals surface area contributed by atoms with Crippen LogP contribution in [-0.2, 0) is 11.2 Å². The lowest BCUT2D eigenvalue weighted by molar-refractivity contribution is 0.115. The van der Waals surface area contributed by atoms with Crippen molar-refractivity contribution in [3.05, 3.63) is 16.1 Å². The molecule has 7 heteroatoms. The Kier molecular flexibility index (Phi) is 10.0. The van der Waals surface area contributed by atoms with Gasteiger partial charge in [0.15, 0.2) is 5.96 Å². The lowest BCUT2D eigenvalue weighted by Gasteiger charge is -2.22. The summed E-state index contributed by atoms with van der Waals surface area (Å²) in [6.45, 7) is 8.33. The summed E-state index contributed by atoms with van der Waals surface area (Å²) in [4.78, 5) is 11.3. The number of halogens is 1. The number of aromatic nitrogens is 1. The van der Waals surface area contributed by atoms with Gasteiger partial charge in [-0.25, -0.2) is 4.98 Å². The fraction of sp³-hybridized carbons (Fsp3) is 0.750. The maximum atomic E-state index is 5.70. The van der Waals surface area contributed by atoms with E-state index in [9.17, 15) is 0 Å². The number of rotatable bonds is 9. The van der Waals surface area contributed by atoms with Crippen LogP contribution < -0.4 is 5.32 Å². The Labute approximate surface area is 160 Å². The van der Waals surface area contributed by atoms with Gasteiger partial charge < -0.3 is 15.0 Å². The van der Waals surface area contributed by atoms with Crippen LogP contribution in [0, 0.1) is 12.8 Å². The first kappa shape index (κ1) is 20.6. The second kappa shape index (κ2) is 11.2. The molecule has 1 aliphatic rings. The van der Waals surface area contributed by atoms with Crippen molar-refractivity contribution >= 4 is 41.3 Å². The molecule has 132 valence electrons. The highest BCUT2D eigenvalue weighted by molar-refractivity contribution is 14.0. The van der Waals surface area contributed by atoms with E-state index >= 15 is 0 Å². The molecule has 1 aromatic heterocycles. The Morgan fingerprint density at radius 1 is 1.52 bits per heavy atom. The normalized spacial score (nSPS) is 14.5. The molecule has 0 aliphatic heterocycles. The van der Waals surface area contributed by atoms with Gasteiger partial charge in [-0.1, -0.05) is 0 Å². The highest BCUT2D eigenvalue weighted by Gasteiger charge is 2.21. The van der Waals surface area contributed by atoms with Crippen LogP contribution in [0.15, 0.2) is 10.4 Å². The minimum Gasteiger partial charge on any atom is -0.379 e. The van der Waals surface area contributed by atoms with Gasteiger partial charge in [0.05, 0.1) is 17.3 Å². The highest BCUT2D eigenvalue weighted by Crippen LogP contribution is 2.28. The minimum atomic E-state index is 0. The zero-order valence-electron chi connectivity index (χ0n) is 14.4. The molecule has 0 radical (unpaired) electrons. The van der Waals surface area contributed by atoms with Gasteiger partial charge in [-0.15, -0.1) is 35.3 Å². The number of hydrogen-bond acceptors (Lipinski definition) is 4. The van der Waals surface area contributed by atoms with Gasteiger partial charge in [0.1, 0.15) is 0 Å². The third kappa shape index (κ3) is 8.30. The molecule has 0 unspecified atom stereocenters. The Balaban J connectivity index is 0.00000264. The van der Waals surface area contributed by atoms with Crippen LogP contribution in [-0.4, -0.2) is 55.7 Å². The number of ether oxygens (including phenoxy) is 1. The smallest absolute Gasteiger partial charge is 0.193 e. The Morgan fingerprint density at radius 3 is 2.91 bits per heavy atom. The first-order valence-corrected chi connectivity index (χ1v) is 9.05. The van der Waals surface area contributed by atoms with E-state index in [1.807, 2.05) is 6.92 Å². The molecule has 0 spiro atoms. The summed E-state index contributed by atoms with van der Waals surface area (Å²) in [6.07, 6.45) is 3.58. The second-order valence-electron chi connectivity index (χ2n) is 5.78. The molecule has 0 atom stereocenters. The number of hydrogen-bond donors (Lipinski definition) is 1. The molecule has 0 bridgehead atoms. The van der Waals surface area contributed by atoms with Crippen LogP contribution in [0.2, 0.25) is 0 Å². The number of aliphatic imine (C=N–C) groups is 1. The van der Waals surface area contributed by atoms with Crippen LogP contribution in [0.4, 0.5) is 0 Å². The molecule has 5 nitrogen and oxygen atoms in total. The Morgan fingerprint density at radius 2 is 2.30 bits per heavy atom. The summed E-state index contributed by atoms with van der Waals surface area (Å²) in [6, 6.07) is 0. The lowest BCUT2D eigenvalue weighted by atomic mass is 10.3. The van der Waals surface area contributed by atoms with Crippen molar-refractivity contribution < 1.29 is 4.74 Å². The average molecular weight is 452 g/mol. The molecule has 23 heavy (non-hydrogen) atoms. The van der Waals surface area contributed by atoms with E-state index in [1.54, 1.807) is 11.3 Å². The molecule has 1 N–H and O–H groups in total. The van der Waals surface area contributed by atoms with Gasteiger partial charge >= 0.3 is 0 Å². The molecule has 0 amide bonds. The van der Waals surface area contributed by atoms with E-state index < -0.39 is 0 Å². The van der Waals surface area contributed by atoms with Gasteiger partial charge in [-0.05, 0) is 32.6 Å². The number of guanidine groups is 1. The maximum absolute atomic E-state index is 5.70. The van der Waals surface area contributed by atoms with Gasteiger partial charge in [0, 0.05) is 45.1 Å². The van der Waals surface area contributed by atoms with Crippen molar-refractivity contribution in [3.8, 4) is 0 Å². The standard InChI is InChI=1S/C16H28N4OS.HI/c1-4-17-16(18-8-7-15-12-22-13(2)19-15)20(3)9-10-21-11-14-5-6-14;/h12,14H,4-11H2,1-3H3,(H,17,18);1H. The molecule has 2 rings (SSSR count). The fourth-order valence-corrected chi connectivity index (χ4v) is 2.76. The van der Waals surface area contributed by atoms with E-state index in [0.717, 1.165) is 61.8 Å². The van der Waals surface area contributed by atoms with Crippen molar-refractivity contribution in [1.82, 2.24) is 15.2 Å². The molecule has 1 heterocycles. The zero-order valence-corrected chi connectivity index (χ0v) is 17.5. The summed E-state index contributed by atoms with van der Waals surface area (Å²) < 4.78 is 5.70. The topological polar surface area (TPSA) is 49.8 Å². The summed E-state index contributed by atoms with van der Waals surface area (Å²) >= 11 is 1.70. The van der Waals surface area contributed by atoms with Crippen molar-refractivity contribution in [1.29, 1.82) is 0 Å². The first-order chi connectivity index (χ1) is 10.7. The molecule has 1 saturated carbocycles. The molecular weight excluding hydrogens is 423 g/mol. The van der Waals surface area contributed by atoms with Gasteiger partial charge in [-0.2, -0.15) is 0 Å². The van der Waals surface area contributed by atoms with Gasteiger partial charge in [0.2, 0.25) is 0 Å². The third-order valence-electron chi connectivity index (χ3n) is 3.61. The molecule has 1 aliphatic carbocycles. The summed E-state index contributed by atoms with van der Waals surface area (Å²) in [5.41, 5.74) is 1.14. The van der Waals surface area contributed by atoms with Gasteiger partial charge in [-0.3, -0.25) is 4.99 Å². The summed E-state index contributed by atoms with van der Waals surface area (Å²) in [7, 11) is 2.06. The SMILES string of the molecule is CCNC(=NCCc1csc(C)n1)N(C)CCOCC1CC1.I. The van der Waals surface area contributed by atoms with E-state index in [-0.39, 0.29) is 24.0 Å². The highest BCUT2D eigenvalue weighted by atomic mass is 127. The number of nitrogens with one attached hydrogen (secondary N) is 1. The number of likely N-dealkylation sites (N-methyl/N-ethyl adjacent to an activating group) is 1.